The molecule has 41 heavy (non-hydrogen) atoms. The zero-order valence-electron chi connectivity index (χ0n) is 22.0. The van der Waals surface area contributed by atoms with Crippen LogP contribution >= 0.6 is 0 Å². The number of esters is 1. The molecule has 5 rings (SSSR count). The summed E-state index contributed by atoms with van der Waals surface area (Å²) in [4.78, 5) is 26.1. The smallest absolute Gasteiger partial charge is 0.347 e. The van der Waals surface area contributed by atoms with Gasteiger partial charge in [0.2, 0.25) is 5.75 Å². The molecule has 1 aromatic heterocycles. The molecule has 0 saturated heterocycles. The van der Waals surface area contributed by atoms with Crippen LogP contribution in [0.25, 0.3) is 32.7 Å². The summed E-state index contributed by atoms with van der Waals surface area (Å²) in [5.74, 6) is -5.75. The van der Waals surface area contributed by atoms with Crippen LogP contribution in [0.5, 0.6) is 34.5 Å². The van der Waals surface area contributed by atoms with E-state index in [-0.39, 0.29) is 56.2 Å². The van der Waals surface area contributed by atoms with Gasteiger partial charge in [0.1, 0.15) is 40.4 Å². The molecule has 7 N–H and O–H groups in total. The number of phenolic OH excluding ortho intramolecular Hbond substituents is 6. The first-order valence-electron chi connectivity index (χ1n) is 13.0. The summed E-state index contributed by atoms with van der Waals surface area (Å²) in [7, 11) is 0. The fraction of sp³-hybridized carbons (Fsp3) is 0.267. The molecule has 0 fully saturated rings. The number of hydrogen-bond acceptors (Lipinski definition) is 11. The van der Waals surface area contributed by atoms with Crippen molar-refractivity contribution in [1.82, 2.24) is 0 Å². The summed E-state index contributed by atoms with van der Waals surface area (Å²) in [6, 6.07) is 3.05. The van der Waals surface area contributed by atoms with Crippen molar-refractivity contribution >= 4 is 27.5 Å². The van der Waals surface area contributed by atoms with Crippen LogP contribution < -0.4 is 5.63 Å². The van der Waals surface area contributed by atoms with E-state index < -0.39 is 57.8 Å². The number of aliphatic hydroxyl groups is 1. The van der Waals surface area contributed by atoms with Crippen molar-refractivity contribution in [3.63, 3.8) is 0 Å². The Morgan fingerprint density at radius 2 is 1.44 bits per heavy atom. The van der Waals surface area contributed by atoms with Crippen LogP contribution in [0.4, 0.5) is 0 Å². The molecule has 2 heterocycles. The van der Waals surface area contributed by atoms with Crippen molar-refractivity contribution in [2.24, 2.45) is 0 Å². The molecule has 1 atom stereocenters. The van der Waals surface area contributed by atoms with Crippen molar-refractivity contribution in [3.05, 3.63) is 57.8 Å². The van der Waals surface area contributed by atoms with Gasteiger partial charge in [0.05, 0.1) is 16.3 Å². The van der Waals surface area contributed by atoms with Crippen molar-refractivity contribution in [3.8, 4) is 45.6 Å². The monoisotopic (exact) mass is 564 g/mol. The second-order valence-corrected chi connectivity index (χ2v) is 10.0. The number of rotatable bonds is 7. The largest absolute Gasteiger partial charge is 0.507 e. The average molecular weight is 565 g/mol. The zero-order chi connectivity index (χ0) is 29.7. The number of aryl methyl sites for hydroxylation is 1. The third-order valence-corrected chi connectivity index (χ3v) is 7.39. The maximum Gasteiger partial charge on any atom is 0.347 e. The molecule has 0 spiro atoms. The summed E-state index contributed by atoms with van der Waals surface area (Å²) in [6.07, 6.45) is 3.05. The maximum atomic E-state index is 13.6. The van der Waals surface area contributed by atoms with Crippen LogP contribution in [0.1, 0.15) is 66.8 Å². The van der Waals surface area contributed by atoms with Gasteiger partial charge >= 0.3 is 11.6 Å². The fourth-order valence-electron chi connectivity index (χ4n) is 5.40. The Kier molecular flexibility index (Phi) is 6.92. The van der Waals surface area contributed by atoms with Gasteiger partial charge in [-0.05, 0) is 18.6 Å². The van der Waals surface area contributed by atoms with Crippen LogP contribution in [0.15, 0.2) is 39.7 Å². The highest BCUT2D eigenvalue weighted by Crippen LogP contribution is 2.51. The Balaban J connectivity index is 1.86. The molecular weight excluding hydrogens is 536 g/mol. The van der Waals surface area contributed by atoms with Crippen molar-refractivity contribution in [2.45, 2.75) is 51.6 Å². The average Bonchev–Trinajstić information content (AvgIpc) is 2.91. The minimum Gasteiger partial charge on any atom is -0.507 e. The quantitative estimate of drug-likeness (QED) is 0.0897. The SMILES string of the molecule is C=C1OC(=O)c2c(cc3c(-c4c(=O)oc(CCCCCCC)c5c(O)c(O)c(O)cc45)c(O)cc(O)c3c2O)C1O. The Bertz CT molecular complexity index is 1820. The van der Waals surface area contributed by atoms with E-state index in [0.29, 0.717) is 6.42 Å². The van der Waals surface area contributed by atoms with Gasteiger partial charge in [-0.1, -0.05) is 39.2 Å². The Morgan fingerprint density at radius 1 is 0.756 bits per heavy atom. The van der Waals surface area contributed by atoms with E-state index in [4.69, 9.17) is 9.15 Å². The van der Waals surface area contributed by atoms with Gasteiger partial charge in [0.25, 0.3) is 0 Å². The van der Waals surface area contributed by atoms with Gasteiger partial charge in [-0.3, -0.25) is 0 Å². The van der Waals surface area contributed by atoms with E-state index in [1.54, 1.807) is 0 Å². The predicted molar refractivity (Wildman–Crippen MR) is 147 cm³/mol. The van der Waals surface area contributed by atoms with Gasteiger partial charge in [-0.15, -0.1) is 0 Å². The molecule has 0 radical (unpaired) electrons. The van der Waals surface area contributed by atoms with Crippen LogP contribution in [-0.4, -0.2) is 41.7 Å². The van der Waals surface area contributed by atoms with Crippen molar-refractivity contribution in [2.75, 3.05) is 0 Å². The number of carbonyl (C=O) groups excluding carboxylic acids is 1. The van der Waals surface area contributed by atoms with E-state index in [0.717, 1.165) is 37.8 Å². The Hall–Kier alpha value is -4.90. The van der Waals surface area contributed by atoms with Gasteiger partial charge in [0.15, 0.2) is 11.5 Å². The van der Waals surface area contributed by atoms with E-state index in [2.05, 4.69) is 13.5 Å². The molecular formula is C30H28O11. The molecule has 4 aromatic rings. The number of phenols is 6. The highest BCUT2D eigenvalue weighted by molar-refractivity contribution is 6.15. The van der Waals surface area contributed by atoms with Gasteiger partial charge in [-0.2, -0.15) is 0 Å². The van der Waals surface area contributed by atoms with Gasteiger partial charge < -0.3 is 44.9 Å². The lowest BCUT2D eigenvalue weighted by atomic mass is 9.88. The number of carbonyl (C=O) groups is 1. The predicted octanol–water partition coefficient (Wildman–Crippen LogP) is 5.08. The molecule has 0 amide bonds. The summed E-state index contributed by atoms with van der Waals surface area (Å²) in [6.45, 7) is 5.55. The first-order valence-corrected chi connectivity index (χ1v) is 13.0. The first kappa shape index (κ1) is 27.7. The zero-order valence-corrected chi connectivity index (χ0v) is 22.0. The molecule has 1 unspecified atom stereocenters. The molecule has 214 valence electrons. The fourth-order valence-corrected chi connectivity index (χ4v) is 5.40. The number of aromatic hydroxyl groups is 6. The second-order valence-electron chi connectivity index (χ2n) is 10.0. The van der Waals surface area contributed by atoms with Crippen LogP contribution in [0, 0.1) is 0 Å². The minimum absolute atomic E-state index is 0.0512. The number of cyclic esters (lactones) is 1. The van der Waals surface area contributed by atoms with Crippen molar-refractivity contribution in [1.29, 1.82) is 0 Å². The number of fused-ring (bicyclic) bond motifs is 3. The van der Waals surface area contributed by atoms with E-state index in [9.17, 15) is 45.3 Å². The lowest BCUT2D eigenvalue weighted by molar-refractivity contribution is 0.0437. The highest BCUT2D eigenvalue weighted by Gasteiger charge is 2.35. The second kappa shape index (κ2) is 10.3. The highest BCUT2D eigenvalue weighted by atomic mass is 16.5. The summed E-state index contributed by atoms with van der Waals surface area (Å²) < 4.78 is 10.5. The maximum absolute atomic E-state index is 13.6. The van der Waals surface area contributed by atoms with Gasteiger partial charge in [0, 0.05) is 34.4 Å². The summed E-state index contributed by atoms with van der Waals surface area (Å²) in [5, 5.41) is 74.1. The normalized spacial score (nSPS) is 14.9. The number of aliphatic hydroxyl groups excluding tert-OH is 1. The topological polar surface area (TPSA) is 198 Å². The molecule has 11 heteroatoms. The lowest BCUT2D eigenvalue weighted by Gasteiger charge is -2.25. The van der Waals surface area contributed by atoms with Gasteiger partial charge in [-0.25, -0.2) is 9.59 Å². The summed E-state index contributed by atoms with van der Waals surface area (Å²) >= 11 is 0. The number of benzene rings is 3. The van der Waals surface area contributed by atoms with E-state index in [1.807, 2.05) is 0 Å². The van der Waals surface area contributed by atoms with Crippen LogP contribution in [0.3, 0.4) is 0 Å². The Morgan fingerprint density at radius 3 is 2.15 bits per heavy atom. The Labute approximate surface area is 232 Å². The van der Waals surface area contributed by atoms with E-state index in [1.165, 1.54) is 6.07 Å². The van der Waals surface area contributed by atoms with Crippen LogP contribution in [-0.2, 0) is 11.2 Å². The third kappa shape index (κ3) is 4.34. The number of hydrogen-bond donors (Lipinski definition) is 7. The standard InChI is InChI=1S/C30H28O11/c1-3-4-5-6-7-8-19-22-14(10-18(33)26(35)28(22)37)23(29(38)41-19)20-13-9-15-24(30(39)40-12(2)25(15)34)27(36)21(13)17(32)11-16(20)31/h9-11,25,31-37H,2-8H2,1H3. The molecule has 11 nitrogen and oxygen atoms in total. The molecule has 1 aliphatic rings. The van der Waals surface area contributed by atoms with Crippen molar-refractivity contribution < 1.29 is 49.7 Å². The first-order chi connectivity index (χ1) is 19.5. The third-order valence-electron chi connectivity index (χ3n) is 7.39. The molecule has 1 aliphatic heterocycles. The molecule has 3 aromatic carbocycles. The molecule has 0 bridgehead atoms. The number of unbranched alkanes of at least 4 members (excludes halogenated alkanes) is 4. The van der Waals surface area contributed by atoms with E-state index >= 15 is 0 Å². The lowest BCUT2D eigenvalue weighted by Crippen LogP contribution is -2.20. The van der Waals surface area contributed by atoms with Crippen LogP contribution in [0.2, 0.25) is 0 Å². The summed E-state index contributed by atoms with van der Waals surface area (Å²) in [5.41, 5.74) is -2.28. The molecule has 0 saturated carbocycles. The minimum atomic E-state index is -1.58. The molecule has 0 aliphatic carbocycles. The number of ether oxygens (including phenoxy) is 1.